The summed E-state index contributed by atoms with van der Waals surface area (Å²) in [5.74, 6) is 0.535. The monoisotopic (exact) mass is 271 g/mol. The first kappa shape index (κ1) is 13.9. The van der Waals surface area contributed by atoms with E-state index in [0.29, 0.717) is 19.6 Å². The lowest BCUT2D eigenvalue weighted by Crippen LogP contribution is -2.25. The number of phenols is 1. The van der Waals surface area contributed by atoms with Crippen molar-refractivity contribution < 1.29 is 14.6 Å². The van der Waals surface area contributed by atoms with Gasteiger partial charge in [-0.15, -0.1) is 0 Å². The number of para-hydroxylation sites is 2. The minimum Gasteiger partial charge on any atom is -0.507 e. The quantitative estimate of drug-likeness (QED) is 0.794. The van der Waals surface area contributed by atoms with Gasteiger partial charge >= 0.3 is 0 Å². The van der Waals surface area contributed by atoms with Crippen LogP contribution in [-0.4, -0.2) is 24.2 Å². The van der Waals surface area contributed by atoms with Gasteiger partial charge in [0.15, 0.2) is 0 Å². The molecule has 0 fully saturated rings. The maximum atomic E-state index is 11.8. The topological polar surface area (TPSA) is 58.6 Å². The Morgan fingerprint density at radius 1 is 1.05 bits per heavy atom. The number of phenolic OH excluding ortho intramolecular Hbond substituents is 1. The van der Waals surface area contributed by atoms with Crippen LogP contribution in [0.2, 0.25) is 0 Å². The van der Waals surface area contributed by atoms with Gasteiger partial charge in [-0.25, -0.2) is 0 Å². The van der Waals surface area contributed by atoms with Gasteiger partial charge in [0.1, 0.15) is 11.5 Å². The Hall–Kier alpha value is -2.49. The number of amides is 1. The molecule has 0 aliphatic heterocycles. The third-order valence-corrected chi connectivity index (χ3v) is 2.77. The number of hydrogen-bond donors (Lipinski definition) is 2. The van der Waals surface area contributed by atoms with Crippen molar-refractivity contribution in [1.29, 1.82) is 0 Å². The van der Waals surface area contributed by atoms with E-state index in [1.54, 1.807) is 18.2 Å². The highest BCUT2D eigenvalue weighted by molar-refractivity contribution is 5.96. The molecule has 0 saturated carbocycles. The van der Waals surface area contributed by atoms with E-state index in [9.17, 15) is 9.90 Å². The summed E-state index contributed by atoms with van der Waals surface area (Å²) in [6, 6.07) is 16.0. The summed E-state index contributed by atoms with van der Waals surface area (Å²) in [6.45, 7) is 1.03. The molecule has 0 aromatic heterocycles. The molecule has 4 nitrogen and oxygen atoms in total. The van der Waals surface area contributed by atoms with Crippen LogP contribution in [0.3, 0.4) is 0 Å². The fraction of sp³-hybridized carbons (Fsp3) is 0.188. The lowest BCUT2D eigenvalue weighted by atomic mass is 10.2. The average Bonchev–Trinajstić information content (AvgIpc) is 2.48. The number of hydrogen-bond acceptors (Lipinski definition) is 3. The van der Waals surface area contributed by atoms with Crippen LogP contribution < -0.4 is 10.1 Å². The number of benzene rings is 2. The second-order valence-electron chi connectivity index (χ2n) is 4.29. The van der Waals surface area contributed by atoms with Gasteiger partial charge in [0, 0.05) is 6.54 Å². The first-order valence-electron chi connectivity index (χ1n) is 6.51. The largest absolute Gasteiger partial charge is 0.507 e. The van der Waals surface area contributed by atoms with Crippen LogP contribution in [0.4, 0.5) is 0 Å². The van der Waals surface area contributed by atoms with E-state index in [1.165, 1.54) is 6.07 Å². The van der Waals surface area contributed by atoms with Crippen LogP contribution in [0, 0.1) is 0 Å². The predicted molar refractivity (Wildman–Crippen MR) is 77.0 cm³/mol. The molecule has 0 bridgehead atoms. The minimum absolute atomic E-state index is 0.00876. The van der Waals surface area contributed by atoms with E-state index >= 15 is 0 Å². The zero-order chi connectivity index (χ0) is 14.2. The van der Waals surface area contributed by atoms with Gasteiger partial charge < -0.3 is 15.2 Å². The summed E-state index contributed by atoms with van der Waals surface area (Å²) >= 11 is 0. The third-order valence-electron chi connectivity index (χ3n) is 2.77. The van der Waals surface area contributed by atoms with E-state index in [-0.39, 0.29) is 17.2 Å². The second-order valence-corrected chi connectivity index (χ2v) is 4.29. The van der Waals surface area contributed by atoms with Crippen LogP contribution in [0.15, 0.2) is 54.6 Å². The van der Waals surface area contributed by atoms with E-state index in [4.69, 9.17) is 4.74 Å². The van der Waals surface area contributed by atoms with Gasteiger partial charge in [-0.2, -0.15) is 0 Å². The van der Waals surface area contributed by atoms with Crippen LogP contribution in [-0.2, 0) is 0 Å². The van der Waals surface area contributed by atoms with Crippen molar-refractivity contribution in [2.45, 2.75) is 6.42 Å². The van der Waals surface area contributed by atoms with Crippen molar-refractivity contribution >= 4 is 5.91 Å². The Labute approximate surface area is 118 Å². The summed E-state index contributed by atoms with van der Waals surface area (Å²) in [7, 11) is 0. The maximum absolute atomic E-state index is 11.8. The van der Waals surface area contributed by atoms with Gasteiger partial charge in [0.25, 0.3) is 5.91 Å². The molecule has 0 aliphatic rings. The van der Waals surface area contributed by atoms with Crippen molar-refractivity contribution in [3.05, 3.63) is 60.2 Å². The maximum Gasteiger partial charge on any atom is 0.255 e. The van der Waals surface area contributed by atoms with Crippen molar-refractivity contribution in [1.82, 2.24) is 5.32 Å². The molecule has 0 heterocycles. The zero-order valence-electron chi connectivity index (χ0n) is 11.1. The predicted octanol–water partition coefficient (Wildman–Crippen LogP) is 2.59. The van der Waals surface area contributed by atoms with Crippen LogP contribution in [0.5, 0.6) is 11.5 Å². The summed E-state index contributed by atoms with van der Waals surface area (Å²) in [4.78, 5) is 11.8. The Morgan fingerprint density at radius 2 is 1.75 bits per heavy atom. The standard InChI is InChI=1S/C16H17NO3/c18-15-10-5-4-9-14(15)16(19)17-11-6-12-20-13-7-2-1-3-8-13/h1-5,7-10,18H,6,11-12H2,(H,17,19). The van der Waals surface area contributed by atoms with Crippen molar-refractivity contribution in [3.63, 3.8) is 0 Å². The third kappa shape index (κ3) is 4.02. The molecule has 0 aliphatic carbocycles. The Morgan fingerprint density at radius 3 is 2.50 bits per heavy atom. The lowest BCUT2D eigenvalue weighted by Gasteiger charge is -2.08. The number of aromatic hydroxyl groups is 1. The number of carbonyl (C=O) groups is 1. The van der Waals surface area contributed by atoms with Crippen LogP contribution in [0.25, 0.3) is 0 Å². The van der Waals surface area contributed by atoms with E-state index in [2.05, 4.69) is 5.32 Å². The zero-order valence-corrected chi connectivity index (χ0v) is 11.1. The Kier molecular flexibility index (Phi) is 5.00. The summed E-state index contributed by atoms with van der Waals surface area (Å²) < 4.78 is 5.52. The molecule has 2 aromatic rings. The SMILES string of the molecule is O=C(NCCCOc1ccccc1)c1ccccc1O. The number of ether oxygens (including phenoxy) is 1. The van der Waals surface area contributed by atoms with Gasteiger partial charge in [0.2, 0.25) is 0 Å². The highest BCUT2D eigenvalue weighted by Gasteiger charge is 2.08. The molecular weight excluding hydrogens is 254 g/mol. The van der Waals surface area contributed by atoms with E-state index in [1.807, 2.05) is 30.3 Å². The molecule has 2 aromatic carbocycles. The first-order chi connectivity index (χ1) is 9.77. The summed E-state index contributed by atoms with van der Waals surface area (Å²) in [5, 5.41) is 12.3. The molecular formula is C16H17NO3. The van der Waals surface area contributed by atoms with Gasteiger partial charge in [-0.3, -0.25) is 4.79 Å². The molecule has 0 unspecified atom stereocenters. The number of rotatable bonds is 6. The average molecular weight is 271 g/mol. The van der Waals surface area contributed by atoms with Crippen molar-refractivity contribution in [3.8, 4) is 11.5 Å². The molecule has 0 atom stereocenters. The fourth-order valence-corrected chi connectivity index (χ4v) is 1.74. The fourth-order valence-electron chi connectivity index (χ4n) is 1.74. The molecule has 0 spiro atoms. The van der Waals surface area contributed by atoms with Gasteiger partial charge in [-0.05, 0) is 30.7 Å². The Balaban J connectivity index is 1.69. The molecule has 1 amide bonds. The molecule has 4 heteroatoms. The summed E-state index contributed by atoms with van der Waals surface area (Å²) in [5.41, 5.74) is 0.288. The second kappa shape index (κ2) is 7.19. The molecule has 104 valence electrons. The lowest BCUT2D eigenvalue weighted by molar-refractivity contribution is 0.0949. The normalized spacial score (nSPS) is 10.0. The van der Waals surface area contributed by atoms with Gasteiger partial charge in [-0.1, -0.05) is 30.3 Å². The Bertz CT molecular complexity index is 555. The molecule has 2 N–H and O–H groups in total. The molecule has 20 heavy (non-hydrogen) atoms. The van der Waals surface area contributed by atoms with Crippen LogP contribution in [0.1, 0.15) is 16.8 Å². The summed E-state index contributed by atoms with van der Waals surface area (Å²) in [6.07, 6.45) is 0.703. The molecule has 2 rings (SSSR count). The van der Waals surface area contributed by atoms with Crippen molar-refractivity contribution in [2.24, 2.45) is 0 Å². The minimum atomic E-state index is -0.275. The van der Waals surface area contributed by atoms with E-state index in [0.717, 1.165) is 5.75 Å². The van der Waals surface area contributed by atoms with Crippen molar-refractivity contribution in [2.75, 3.05) is 13.2 Å². The highest BCUT2D eigenvalue weighted by atomic mass is 16.5. The number of carbonyl (C=O) groups excluding carboxylic acids is 1. The van der Waals surface area contributed by atoms with Crippen LogP contribution >= 0.6 is 0 Å². The number of nitrogens with one attached hydrogen (secondary N) is 1. The smallest absolute Gasteiger partial charge is 0.255 e. The molecule has 0 saturated heterocycles. The molecule has 0 radical (unpaired) electrons. The highest BCUT2D eigenvalue weighted by Crippen LogP contribution is 2.14. The first-order valence-corrected chi connectivity index (χ1v) is 6.51. The van der Waals surface area contributed by atoms with E-state index < -0.39 is 0 Å². The van der Waals surface area contributed by atoms with Gasteiger partial charge in [0.05, 0.1) is 12.2 Å².